The standard InChI is InChI=1S/C30H33FN2O2/c1-22-7-4-10-25(19-22)30(14-17-35-18-15-30)29(34)33-16-6-9-24(21-33)28-13-5-11-26(32-28)20-23-8-2-3-12-27(23)31/h2-5,7-8,10-13,19,24H,6,9,14-18,20-21H2,1H3/t24-/m1/s1. The lowest BCUT2D eigenvalue weighted by atomic mass is 9.72. The number of amides is 1. The molecular weight excluding hydrogens is 439 g/mol. The molecule has 0 radical (unpaired) electrons. The van der Waals surface area contributed by atoms with E-state index in [1.807, 2.05) is 30.3 Å². The fourth-order valence-electron chi connectivity index (χ4n) is 5.66. The van der Waals surface area contributed by atoms with Crippen molar-refractivity contribution < 1.29 is 13.9 Å². The highest BCUT2D eigenvalue weighted by Crippen LogP contribution is 2.39. The van der Waals surface area contributed by atoms with Crippen LogP contribution in [0.25, 0.3) is 0 Å². The first-order valence-electron chi connectivity index (χ1n) is 12.7. The first-order valence-corrected chi connectivity index (χ1v) is 12.7. The lowest BCUT2D eigenvalue weighted by Gasteiger charge is -2.43. The average Bonchev–Trinajstić information content (AvgIpc) is 2.90. The van der Waals surface area contributed by atoms with Crippen molar-refractivity contribution in [3.63, 3.8) is 0 Å². The van der Waals surface area contributed by atoms with Crippen LogP contribution in [0.5, 0.6) is 0 Å². The molecule has 4 nitrogen and oxygen atoms in total. The summed E-state index contributed by atoms with van der Waals surface area (Å²) in [5.41, 5.74) is 4.26. The van der Waals surface area contributed by atoms with Gasteiger partial charge in [0.05, 0.1) is 5.41 Å². The van der Waals surface area contributed by atoms with E-state index in [4.69, 9.17) is 9.72 Å². The van der Waals surface area contributed by atoms with Gasteiger partial charge in [0.2, 0.25) is 5.91 Å². The second kappa shape index (κ2) is 10.3. The molecule has 0 aliphatic carbocycles. The number of rotatable bonds is 5. The van der Waals surface area contributed by atoms with E-state index in [2.05, 4.69) is 36.1 Å². The molecule has 5 rings (SSSR count). The Labute approximate surface area is 207 Å². The fraction of sp³-hybridized carbons (Fsp3) is 0.400. The van der Waals surface area contributed by atoms with Crippen LogP contribution in [0.15, 0.2) is 66.7 Å². The van der Waals surface area contributed by atoms with Crippen molar-refractivity contribution in [2.75, 3.05) is 26.3 Å². The van der Waals surface area contributed by atoms with Crippen molar-refractivity contribution in [1.82, 2.24) is 9.88 Å². The normalized spacial score (nSPS) is 19.9. The van der Waals surface area contributed by atoms with Crippen LogP contribution in [-0.4, -0.2) is 42.1 Å². The third-order valence-electron chi connectivity index (χ3n) is 7.61. The highest BCUT2D eigenvalue weighted by atomic mass is 19.1. The van der Waals surface area contributed by atoms with Gasteiger partial charge < -0.3 is 9.64 Å². The summed E-state index contributed by atoms with van der Waals surface area (Å²) in [6.45, 7) is 4.74. The average molecular weight is 473 g/mol. The Kier molecular flexibility index (Phi) is 6.96. The third-order valence-corrected chi connectivity index (χ3v) is 7.61. The number of halogens is 1. The number of hydrogen-bond acceptors (Lipinski definition) is 3. The number of aryl methyl sites for hydroxylation is 1. The smallest absolute Gasteiger partial charge is 0.233 e. The van der Waals surface area contributed by atoms with E-state index in [9.17, 15) is 9.18 Å². The number of pyridine rings is 1. The first-order chi connectivity index (χ1) is 17.0. The summed E-state index contributed by atoms with van der Waals surface area (Å²) in [5.74, 6) is 0.202. The first kappa shape index (κ1) is 23.7. The molecule has 0 saturated carbocycles. The lowest BCUT2D eigenvalue weighted by Crippen LogP contribution is -2.52. The van der Waals surface area contributed by atoms with Gasteiger partial charge in [-0.15, -0.1) is 0 Å². The summed E-state index contributed by atoms with van der Waals surface area (Å²) >= 11 is 0. The van der Waals surface area contributed by atoms with Crippen LogP contribution in [0.2, 0.25) is 0 Å². The van der Waals surface area contributed by atoms with E-state index in [0.29, 0.717) is 44.6 Å². The van der Waals surface area contributed by atoms with E-state index in [-0.39, 0.29) is 17.6 Å². The maximum absolute atomic E-state index is 14.2. The summed E-state index contributed by atoms with van der Waals surface area (Å²) in [5, 5.41) is 0. The van der Waals surface area contributed by atoms with Gasteiger partial charge in [-0.1, -0.05) is 54.1 Å². The number of likely N-dealkylation sites (tertiary alicyclic amines) is 1. The van der Waals surface area contributed by atoms with Crippen molar-refractivity contribution in [1.29, 1.82) is 0 Å². The van der Waals surface area contributed by atoms with Crippen molar-refractivity contribution >= 4 is 5.91 Å². The molecule has 182 valence electrons. The molecule has 2 fully saturated rings. The molecule has 3 heterocycles. The molecular formula is C30H33FN2O2. The summed E-state index contributed by atoms with van der Waals surface area (Å²) in [7, 11) is 0. The van der Waals surface area contributed by atoms with Crippen LogP contribution in [0.3, 0.4) is 0 Å². The topological polar surface area (TPSA) is 42.4 Å². The summed E-state index contributed by atoms with van der Waals surface area (Å²) in [6.07, 6.45) is 3.85. The number of hydrogen-bond donors (Lipinski definition) is 0. The van der Waals surface area contributed by atoms with Crippen molar-refractivity contribution in [3.8, 4) is 0 Å². The van der Waals surface area contributed by atoms with Gasteiger partial charge in [-0.05, 0) is 61.9 Å². The quantitative estimate of drug-likeness (QED) is 0.487. The molecule has 1 atom stereocenters. The lowest BCUT2D eigenvalue weighted by molar-refractivity contribution is -0.142. The Morgan fingerprint density at radius 1 is 1.09 bits per heavy atom. The zero-order valence-corrected chi connectivity index (χ0v) is 20.4. The second-order valence-corrected chi connectivity index (χ2v) is 9.98. The number of nitrogens with zero attached hydrogens (tertiary/aromatic N) is 2. The maximum atomic E-state index is 14.2. The predicted octanol–water partition coefficient (Wildman–Crippen LogP) is 5.57. The minimum atomic E-state index is -0.522. The molecule has 5 heteroatoms. The predicted molar refractivity (Wildman–Crippen MR) is 135 cm³/mol. The zero-order chi connectivity index (χ0) is 24.3. The molecule has 35 heavy (non-hydrogen) atoms. The largest absolute Gasteiger partial charge is 0.381 e. The molecule has 1 aromatic heterocycles. The van der Waals surface area contributed by atoms with Crippen LogP contribution < -0.4 is 0 Å². The van der Waals surface area contributed by atoms with E-state index in [0.717, 1.165) is 36.3 Å². The van der Waals surface area contributed by atoms with Crippen LogP contribution in [0.4, 0.5) is 4.39 Å². The number of carbonyl (C=O) groups excluding carboxylic acids is 1. The molecule has 0 spiro atoms. The molecule has 2 saturated heterocycles. The SMILES string of the molecule is Cc1cccc(C2(C(=O)N3CCC[C@@H](c4cccc(Cc5ccccc5F)n4)C3)CCOCC2)c1. The number of aromatic nitrogens is 1. The number of carbonyl (C=O) groups is 1. The number of benzene rings is 2. The van der Waals surface area contributed by atoms with Gasteiger partial charge in [0.15, 0.2) is 0 Å². The highest BCUT2D eigenvalue weighted by Gasteiger charge is 2.45. The number of ether oxygens (including phenoxy) is 1. The van der Waals surface area contributed by atoms with Gasteiger partial charge in [-0.25, -0.2) is 4.39 Å². The van der Waals surface area contributed by atoms with E-state index in [1.165, 1.54) is 11.6 Å². The molecule has 2 aliphatic heterocycles. The maximum Gasteiger partial charge on any atom is 0.233 e. The van der Waals surface area contributed by atoms with Crippen molar-refractivity contribution in [2.24, 2.45) is 0 Å². The summed E-state index contributed by atoms with van der Waals surface area (Å²) < 4.78 is 19.8. The molecule has 0 N–H and O–H groups in total. The molecule has 1 amide bonds. The minimum absolute atomic E-state index is 0.183. The van der Waals surface area contributed by atoms with Crippen molar-refractivity contribution in [2.45, 2.75) is 50.4 Å². The summed E-state index contributed by atoms with van der Waals surface area (Å²) in [4.78, 5) is 21.1. The number of piperidine rings is 1. The zero-order valence-electron chi connectivity index (χ0n) is 20.4. The van der Waals surface area contributed by atoms with Gasteiger partial charge in [0, 0.05) is 50.0 Å². The highest BCUT2D eigenvalue weighted by molar-refractivity contribution is 5.88. The second-order valence-electron chi connectivity index (χ2n) is 9.98. The minimum Gasteiger partial charge on any atom is -0.381 e. The van der Waals surface area contributed by atoms with Gasteiger partial charge in [-0.3, -0.25) is 9.78 Å². The van der Waals surface area contributed by atoms with Gasteiger partial charge in [0.1, 0.15) is 5.82 Å². The molecule has 0 bridgehead atoms. The monoisotopic (exact) mass is 472 g/mol. The van der Waals surface area contributed by atoms with Crippen molar-refractivity contribution in [3.05, 3.63) is 101 Å². The van der Waals surface area contributed by atoms with Crippen LogP contribution >= 0.6 is 0 Å². The van der Waals surface area contributed by atoms with Crippen LogP contribution in [0, 0.1) is 12.7 Å². The van der Waals surface area contributed by atoms with Gasteiger partial charge >= 0.3 is 0 Å². The molecule has 3 aromatic rings. The van der Waals surface area contributed by atoms with E-state index < -0.39 is 5.41 Å². The van der Waals surface area contributed by atoms with E-state index >= 15 is 0 Å². The molecule has 2 aliphatic rings. The Hall–Kier alpha value is -3.05. The summed E-state index contributed by atoms with van der Waals surface area (Å²) in [6, 6.07) is 21.3. The Balaban J connectivity index is 1.37. The van der Waals surface area contributed by atoms with Crippen LogP contribution in [-0.2, 0) is 21.4 Å². The van der Waals surface area contributed by atoms with Gasteiger partial charge in [-0.2, -0.15) is 0 Å². The van der Waals surface area contributed by atoms with E-state index in [1.54, 1.807) is 6.07 Å². The third kappa shape index (κ3) is 5.01. The van der Waals surface area contributed by atoms with Crippen LogP contribution in [0.1, 0.15) is 59.7 Å². The molecule has 0 unspecified atom stereocenters. The Morgan fingerprint density at radius 3 is 2.69 bits per heavy atom. The fourth-order valence-corrected chi connectivity index (χ4v) is 5.66. The Bertz CT molecular complexity index is 1190. The molecule has 2 aromatic carbocycles. The van der Waals surface area contributed by atoms with Gasteiger partial charge in [0.25, 0.3) is 0 Å². The Morgan fingerprint density at radius 2 is 1.89 bits per heavy atom.